The van der Waals surface area contributed by atoms with Gasteiger partial charge in [-0.25, -0.2) is 4.79 Å². The van der Waals surface area contributed by atoms with Crippen molar-refractivity contribution >= 4 is 12.0 Å². The van der Waals surface area contributed by atoms with Gasteiger partial charge < -0.3 is 20.1 Å². The molecule has 2 N–H and O–H groups in total. The molecule has 2 aliphatic rings. The first-order chi connectivity index (χ1) is 10.3. The van der Waals surface area contributed by atoms with Gasteiger partial charge in [-0.3, -0.25) is 4.79 Å². The van der Waals surface area contributed by atoms with Gasteiger partial charge in [-0.1, -0.05) is 20.3 Å². The zero-order valence-electron chi connectivity index (χ0n) is 13.9. The molecule has 6 heteroatoms. The van der Waals surface area contributed by atoms with Crippen molar-refractivity contribution in [3.63, 3.8) is 0 Å². The van der Waals surface area contributed by atoms with Gasteiger partial charge >= 0.3 is 12.0 Å². The van der Waals surface area contributed by atoms with Crippen molar-refractivity contribution in [2.45, 2.75) is 40.0 Å². The maximum absolute atomic E-state index is 12.3. The third-order valence-corrected chi connectivity index (χ3v) is 5.00. The van der Waals surface area contributed by atoms with Crippen molar-refractivity contribution < 1.29 is 19.4 Å². The van der Waals surface area contributed by atoms with Crippen LogP contribution < -0.4 is 5.32 Å². The molecule has 1 heterocycles. The minimum atomic E-state index is -0.748. The number of likely N-dealkylation sites (tertiary alicyclic amines) is 1. The van der Waals surface area contributed by atoms with Crippen molar-refractivity contribution in [2.24, 2.45) is 16.7 Å². The van der Waals surface area contributed by atoms with Crippen LogP contribution in [0.25, 0.3) is 0 Å². The quantitative estimate of drug-likeness (QED) is 0.785. The molecular weight excluding hydrogens is 284 g/mol. The van der Waals surface area contributed by atoms with E-state index < -0.39 is 11.4 Å². The van der Waals surface area contributed by atoms with Crippen molar-refractivity contribution in [1.82, 2.24) is 10.2 Å². The fourth-order valence-electron chi connectivity index (χ4n) is 3.65. The standard InChI is InChI=1S/C16H28N2O4/c1-4-22-11-15(2,3)9-17-14(21)18-8-12-6-5-7-16(12,10-18)13(19)20/h12H,4-11H2,1-3H3,(H,17,21)(H,19,20)/t12-,16+/m0/s1. The largest absolute Gasteiger partial charge is 0.481 e. The van der Waals surface area contributed by atoms with Gasteiger partial charge in [0.05, 0.1) is 12.0 Å². The molecule has 2 fully saturated rings. The maximum Gasteiger partial charge on any atom is 0.317 e. The number of rotatable bonds is 6. The highest BCUT2D eigenvalue weighted by molar-refractivity contribution is 5.80. The van der Waals surface area contributed by atoms with Crippen LogP contribution in [0.5, 0.6) is 0 Å². The van der Waals surface area contributed by atoms with Crippen molar-refractivity contribution in [1.29, 1.82) is 0 Å². The second-order valence-corrected chi connectivity index (χ2v) is 7.39. The van der Waals surface area contributed by atoms with Crippen LogP contribution in [0, 0.1) is 16.7 Å². The summed E-state index contributed by atoms with van der Waals surface area (Å²) in [6.07, 6.45) is 2.55. The third-order valence-electron chi connectivity index (χ3n) is 5.00. The SMILES string of the molecule is CCOCC(C)(C)CNC(=O)N1C[C@@H]2CCC[C@@]2(C(=O)O)C1. The van der Waals surface area contributed by atoms with Crippen LogP contribution >= 0.6 is 0 Å². The minimum absolute atomic E-state index is 0.104. The Kier molecular flexibility index (Phi) is 5.00. The molecular formula is C16H28N2O4. The smallest absolute Gasteiger partial charge is 0.317 e. The summed E-state index contributed by atoms with van der Waals surface area (Å²) in [6.45, 7) is 8.70. The average molecular weight is 312 g/mol. The number of fused-ring (bicyclic) bond motifs is 1. The minimum Gasteiger partial charge on any atom is -0.481 e. The fourth-order valence-corrected chi connectivity index (χ4v) is 3.65. The highest BCUT2D eigenvalue weighted by atomic mass is 16.5. The summed E-state index contributed by atoms with van der Waals surface area (Å²) in [5.41, 5.74) is -0.843. The summed E-state index contributed by atoms with van der Waals surface area (Å²) in [5.74, 6) is -0.644. The van der Waals surface area contributed by atoms with E-state index in [2.05, 4.69) is 5.32 Å². The Bertz CT molecular complexity index is 438. The number of ether oxygens (including phenoxy) is 1. The summed E-state index contributed by atoms with van der Waals surface area (Å²) in [6, 6.07) is -0.153. The Labute approximate surface area is 132 Å². The van der Waals surface area contributed by atoms with E-state index in [1.807, 2.05) is 20.8 Å². The molecule has 1 aliphatic heterocycles. The van der Waals surface area contributed by atoms with Crippen molar-refractivity contribution in [3.05, 3.63) is 0 Å². The van der Waals surface area contributed by atoms with Gasteiger partial charge in [-0.05, 0) is 25.7 Å². The molecule has 0 radical (unpaired) electrons. The second-order valence-electron chi connectivity index (χ2n) is 7.39. The molecule has 0 bridgehead atoms. The predicted molar refractivity (Wildman–Crippen MR) is 82.7 cm³/mol. The average Bonchev–Trinajstić information content (AvgIpc) is 3.00. The number of carboxylic acid groups (broad SMARTS) is 1. The first kappa shape index (κ1) is 17.1. The van der Waals surface area contributed by atoms with Gasteiger partial charge in [0.25, 0.3) is 0 Å². The highest BCUT2D eigenvalue weighted by Crippen LogP contribution is 2.48. The van der Waals surface area contributed by atoms with E-state index in [0.717, 1.165) is 12.8 Å². The van der Waals surface area contributed by atoms with E-state index in [1.54, 1.807) is 4.90 Å². The van der Waals surface area contributed by atoms with Gasteiger partial charge in [0.1, 0.15) is 0 Å². The number of nitrogens with zero attached hydrogens (tertiary/aromatic N) is 1. The second kappa shape index (κ2) is 6.44. The molecule has 0 spiro atoms. The molecule has 1 saturated heterocycles. The summed E-state index contributed by atoms with van der Waals surface area (Å²) >= 11 is 0. The van der Waals surface area contributed by atoms with Gasteiger partial charge in [0.2, 0.25) is 0 Å². The molecule has 1 saturated carbocycles. The lowest BCUT2D eigenvalue weighted by Gasteiger charge is -2.27. The number of urea groups is 1. The number of nitrogens with one attached hydrogen (secondary N) is 1. The number of carbonyl (C=O) groups is 2. The molecule has 126 valence electrons. The number of carbonyl (C=O) groups excluding carboxylic acids is 1. The fraction of sp³-hybridized carbons (Fsp3) is 0.875. The van der Waals surface area contributed by atoms with E-state index in [9.17, 15) is 14.7 Å². The molecule has 0 aromatic rings. The van der Waals surface area contributed by atoms with Gasteiger partial charge in [-0.2, -0.15) is 0 Å². The van der Waals surface area contributed by atoms with E-state index >= 15 is 0 Å². The Morgan fingerprint density at radius 1 is 1.45 bits per heavy atom. The van der Waals surface area contributed by atoms with Gasteiger partial charge in [-0.15, -0.1) is 0 Å². The third kappa shape index (κ3) is 3.37. The van der Waals surface area contributed by atoms with Crippen LogP contribution in [-0.2, 0) is 9.53 Å². The summed E-state index contributed by atoms with van der Waals surface area (Å²) in [7, 11) is 0. The van der Waals surface area contributed by atoms with E-state index in [4.69, 9.17) is 4.74 Å². The number of hydrogen-bond acceptors (Lipinski definition) is 3. The maximum atomic E-state index is 12.3. The number of amides is 2. The van der Waals surface area contributed by atoms with E-state index in [1.165, 1.54) is 0 Å². The van der Waals surface area contributed by atoms with Crippen LogP contribution in [-0.4, -0.2) is 54.9 Å². The number of hydrogen-bond donors (Lipinski definition) is 2. The molecule has 2 amide bonds. The van der Waals surface area contributed by atoms with Crippen molar-refractivity contribution in [3.8, 4) is 0 Å². The lowest BCUT2D eigenvalue weighted by molar-refractivity contribution is -0.149. The molecule has 2 atom stereocenters. The Morgan fingerprint density at radius 2 is 2.18 bits per heavy atom. The van der Waals surface area contributed by atoms with Crippen LogP contribution in [0.3, 0.4) is 0 Å². The van der Waals surface area contributed by atoms with Crippen molar-refractivity contribution in [2.75, 3.05) is 32.8 Å². The monoisotopic (exact) mass is 312 g/mol. The molecule has 0 aromatic carbocycles. The Morgan fingerprint density at radius 3 is 2.77 bits per heavy atom. The summed E-state index contributed by atoms with van der Waals surface area (Å²) in [4.78, 5) is 25.7. The van der Waals surface area contributed by atoms with Gasteiger partial charge in [0, 0.05) is 31.7 Å². The van der Waals surface area contributed by atoms with Crippen LogP contribution in [0.2, 0.25) is 0 Å². The van der Waals surface area contributed by atoms with Crippen LogP contribution in [0.15, 0.2) is 0 Å². The zero-order chi connectivity index (χ0) is 16.4. The predicted octanol–water partition coefficient (Wildman–Crippen LogP) is 1.95. The topological polar surface area (TPSA) is 78.9 Å². The van der Waals surface area contributed by atoms with E-state index in [-0.39, 0.29) is 17.4 Å². The molecule has 6 nitrogen and oxygen atoms in total. The molecule has 1 aliphatic carbocycles. The number of aliphatic carboxylic acids is 1. The van der Waals surface area contributed by atoms with Crippen LogP contribution in [0.4, 0.5) is 4.79 Å². The first-order valence-electron chi connectivity index (χ1n) is 8.15. The van der Waals surface area contributed by atoms with E-state index in [0.29, 0.717) is 39.3 Å². The zero-order valence-corrected chi connectivity index (χ0v) is 13.9. The number of carboxylic acids is 1. The molecule has 22 heavy (non-hydrogen) atoms. The molecule has 0 unspecified atom stereocenters. The lowest BCUT2D eigenvalue weighted by Crippen LogP contribution is -2.45. The normalized spacial score (nSPS) is 27.8. The molecule has 2 rings (SSSR count). The summed E-state index contributed by atoms with van der Waals surface area (Å²) in [5, 5.41) is 12.5. The Balaban J connectivity index is 1.88. The first-order valence-corrected chi connectivity index (χ1v) is 8.15. The van der Waals surface area contributed by atoms with Gasteiger partial charge in [0.15, 0.2) is 0 Å². The summed E-state index contributed by atoms with van der Waals surface area (Å²) < 4.78 is 5.42. The Hall–Kier alpha value is -1.30. The molecule has 0 aromatic heterocycles. The van der Waals surface area contributed by atoms with Crippen LogP contribution in [0.1, 0.15) is 40.0 Å². The highest BCUT2D eigenvalue weighted by Gasteiger charge is 2.55. The lowest BCUT2D eigenvalue weighted by atomic mass is 9.81.